The molecule has 0 amide bonds. The van der Waals surface area contributed by atoms with Crippen molar-refractivity contribution in [3.05, 3.63) is 101 Å². The van der Waals surface area contributed by atoms with Crippen LogP contribution in [0.25, 0.3) is 43.4 Å². The molecule has 0 nitrogen and oxygen atoms in total. The Morgan fingerprint density at radius 1 is 0.529 bits per heavy atom. The van der Waals surface area contributed by atoms with Crippen LogP contribution >= 0.6 is 0 Å². The summed E-state index contributed by atoms with van der Waals surface area (Å²) in [5.41, 5.74) is 14.2. The van der Waals surface area contributed by atoms with Gasteiger partial charge in [-0.3, -0.25) is 0 Å². The maximum atomic E-state index is 2.50. The molecule has 6 aromatic rings. The quantitative estimate of drug-likeness (QED) is 0.201. The van der Waals surface area contributed by atoms with Crippen LogP contribution in [0.4, 0.5) is 0 Å². The summed E-state index contributed by atoms with van der Waals surface area (Å²) >= 11 is 0. The van der Waals surface area contributed by atoms with E-state index in [4.69, 9.17) is 0 Å². The number of fused-ring (bicyclic) bond motifs is 4. The van der Waals surface area contributed by atoms with Crippen LogP contribution in [0.5, 0.6) is 0 Å². The molecule has 0 spiro atoms. The van der Waals surface area contributed by atoms with Gasteiger partial charge >= 0.3 is 0 Å². The molecule has 0 atom stereocenters. The van der Waals surface area contributed by atoms with Crippen molar-refractivity contribution in [1.29, 1.82) is 0 Å². The van der Waals surface area contributed by atoms with Gasteiger partial charge in [-0.05, 0) is 78.1 Å². The molecule has 0 saturated heterocycles. The lowest BCUT2D eigenvalue weighted by molar-refractivity contribution is 1.35. The highest BCUT2D eigenvalue weighted by Crippen LogP contribution is 2.40. The molecule has 6 aromatic carbocycles. The summed E-state index contributed by atoms with van der Waals surface area (Å²) in [5.74, 6) is 0. The zero-order valence-electron chi connectivity index (χ0n) is 20.5. The van der Waals surface area contributed by atoms with E-state index in [1.807, 2.05) is 0 Å². The van der Waals surface area contributed by atoms with Crippen molar-refractivity contribution in [3.8, 4) is 11.1 Å². The largest absolute Gasteiger partial charge is 0.243 e. The van der Waals surface area contributed by atoms with Gasteiger partial charge in [0.05, 0.1) is 0 Å². The Bertz CT molecular complexity index is 1770. The van der Waals surface area contributed by atoms with E-state index in [2.05, 4.69) is 107 Å². The average Bonchev–Trinajstić information content (AvgIpc) is 3.10. The van der Waals surface area contributed by atoms with Crippen molar-refractivity contribution < 1.29 is 0 Å². The summed E-state index contributed by atoms with van der Waals surface area (Å²) in [6.45, 7) is 11.6. The van der Waals surface area contributed by atoms with Crippen molar-refractivity contribution in [2.45, 2.75) is 34.6 Å². The molecule has 0 saturated carbocycles. The molecular weight excluding hydrogens is 407 g/mol. The minimum absolute atomic E-state index is 0.271. The predicted molar refractivity (Wildman–Crippen MR) is 150 cm³/mol. The van der Waals surface area contributed by atoms with Gasteiger partial charge in [-0.15, -0.1) is 0 Å². The van der Waals surface area contributed by atoms with E-state index in [9.17, 15) is 0 Å². The normalized spacial score (nSPS) is 12.8. The molecule has 0 aromatic heterocycles. The Balaban J connectivity index is 1.69. The van der Waals surface area contributed by atoms with Crippen LogP contribution in [-0.2, 0) is 0 Å². The molecule has 0 unspecified atom stereocenters. The van der Waals surface area contributed by atoms with Crippen molar-refractivity contribution >= 4 is 55.4 Å². The van der Waals surface area contributed by atoms with Crippen LogP contribution in [0.2, 0.25) is 0 Å². The fourth-order valence-electron chi connectivity index (χ4n) is 7.03. The second kappa shape index (κ2) is 6.73. The molecule has 162 valence electrons. The first-order valence-corrected chi connectivity index (χ1v) is 12.3. The molecule has 0 bridgehead atoms. The fourth-order valence-corrected chi connectivity index (χ4v) is 7.03. The van der Waals surface area contributed by atoms with Crippen molar-refractivity contribution in [2.75, 3.05) is 0 Å². The fraction of sp³-hybridized carbons (Fsp3) is 0.152. The van der Waals surface area contributed by atoms with Gasteiger partial charge in [0.15, 0.2) is 0 Å². The monoisotopic (exact) mass is 434 g/mol. The first-order valence-electron chi connectivity index (χ1n) is 12.3. The summed E-state index contributed by atoms with van der Waals surface area (Å²) in [7, 11) is 0. The predicted octanol–water partition coefficient (Wildman–Crippen LogP) is 6.62. The van der Waals surface area contributed by atoms with Crippen LogP contribution in [-0.4, -0.2) is 6.71 Å². The number of hydrogen-bond donors (Lipinski definition) is 0. The van der Waals surface area contributed by atoms with Crippen LogP contribution in [0, 0.1) is 34.6 Å². The molecule has 1 aliphatic heterocycles. The van der Waals surface area contributed by atoms with Gasteiger partial charge in [-0.2, -0.15) is 0 Å². The molecular formula is C33H27B. The molecule has 0 N–H and O–H groups in total. The van der Waals surface area contributed by atoms with Gasteiger partial charge < -0.3 is 0 Å². The standard InChI is InChI=1S/C33H27B/c1-18-13-20(3)32(21(4)14-18)34-28-17-25-10-9-23-7-6-8-24-11-12-26(30(25)29(23)24)31(28)27-16-19(2)15-22(5)33(27)34/h6-17H,1-5H3. The number of benzene rings is 6. The lowest BCUT2D eigenvalue weighted by Gasteiger charge is -2.20. The summed E-state index contributed by atoms with van der Waals surface area (Å²) < 4.78 is 0. The summed E-state index contributed by atoms with van der Waals surface area (Å²) in [6, 6.07) is 28.0. The van der Waals surface area contributed by atoms with Gasteiger partial charge in [0, 0.05) is 0 Å². The first kappa shape index (κ1) is 19.9. The maximum Gasteiger partial charge on any atom is 0.243 e. The van der Waals surface area contributed by atoms with Crippen LogP contribution in [0.3, 0.4) is 0 Å². The third kappa shape index (κ3) is 2.50. The zero-order valence-corrected chi connectivity index (χ0v) is 20.5. The SMILES string of the molecule is Cc1cc(C)c(B2c3cc4ccc5cccc6ccc(c3-c3cc(C)cc(C)c32)c4c56)c(C)c1. The van der Waals surface area contributed by atoms with Gasteiger partial charge in [0.1, 0.15) is 0 Å². The molecule has 0 fully saturated rings. The molecule has 34 heavy (non-hydrogen) atoms. The minimum atomic E-state index is 0.271. The van der Waals surface area contributed by atoms with Crippen molar-refractivity contribution in [3.63, 3.8) is 0 Å². The van der Waals surface area contributed by atoms with Crippen LogP contribution in [0.1, 0.15) is 27.8 Å². The summed E-state index contributed by atoms with van der Waals surface area (Å²) in [5, 5.41) is 8.22. The molecule has 1 heteroatoms. The lowest BCUT2D eigenvalue weighted by atomic mass is 9.36. The second-order valence-electron chi connectivity index (χ2n) is 10.5. The molecule has 1 aliphatic rings. The Hall–Kier alpha value is -3.58. The van der Waals surface area contributed by atoms with Gasteiger partial charge in [-0.25, -0.2) is 0 Å². The van der Waals surface area contributed by atoms with Gasteiger partial charge in [0.2, 0.25) is 6.71 Å². The van der Waals surface area contributed by atoms with E-state index in [0.717, 1.165) is 0 Å². The average molecular weight is 434 g/mol. The van der Waals surface area contributed by atoms with Crippen molar-refractivity contribution in [1.82, 2.24) is 0 Å². The second-order valence-corrected chi connectivity index (χ2v) is 10.5. The third-order valence-corrected chi connectivity index (χ3v) is 8.10. The van der Waals surface area contributed by atoms with E-state index in [1.165, 1.54) is 87.6 Å². The minimum Gasteiger partial charge on any atom is -0.0629 e. The number of aryl methyl sites for hydroxylation is 5. The van der Waals surface area contributed by atoms with E-state index < -0.39 is 0 Å². The topological polar surface area (TPSA) is 0 Å². The van der Waals surface area contributed by atoms with E-state index in [0.29, 0.717) is 0 Å². The van der Waals surface area contributed by atoms with Gasteiger partial charge in [-0.1, -0.05) is 117 Å². The Morgan fingerprint density at radius 2 is 1.12 bits per heavy atom. The highest BCUT2D eigenvalue weighted by atomic mass is 14.3. The van der Waals surface area contributed by atoms with Crippen LogP contribution in [0.15, 0.2) is 72.8 Å². The van der Waals surface area contributed by atoms with E-state index >= 15 is 0 Å². The third-order valence-electron chi connectivity index (χ3n) is 8.10. The highest BCUT2D eigenvalue weighted by molar-refractivity contribution is 7.00. The van der Waals surface area contributed by atoms with Crippen molar-refractivity contribution in [2.24, 2.45) is 0 Å². The van der Waals surface area contributed by atoms with Gasteiger partial charge in [0.25, 0.3) is 0 Å². The highest BCUT2D eigenvalue weighted by Gasteiger charge is 2.38. The van der Waals surface area contributed by atoms with E-state index in [1.54, 1.807) is 0 Å². The Morgan fingerprint density at radius 3 is 1.82 bits per heavy atom. The molecule has 7 rings (SSSR count). The number of rotatable bonds is 1. The zero-order chi connectivity index (χ0) is 23.3. The smallest absolute Gasteiger partial charge is 0.0629 e. The Kier molecular flexibility index (Phi) is 3.93. The van der Waals surface area contributed by atoms with E-state index in [-0.39, 0.29) is 6.71 Å². The summed E-state index contributed by atoms with van der Waals surface area (Å²) in [6.07, 6.45) is 0. The Labute approximate surface area is 201 Å². The molecule has 0 radical (unpaired) electrons. The van der Waals surface area contributed by atoms with Crippen LogP contribution < -0.4 is 16.4 Å². The summed E-state index contributed by atoms with van der Waals surface area (Å²) in [4.78, 5) is 0. The molecule has 0 aliphatic carbocycles. The first-order chi connectivity index (χ1) is 16.4. The maximum absolute atomic E-state index is 2.50. The lowest BCUT2D eigenvalue weighted by Crippen LogP contribution is -2.52. The number of hydrogen-bond acceptors (Lipinski definition) is 0. The molecule has 1 heterocycles.